The van der Waals surface area contributed by atoms with Crippen LogP contribution in [-0.4, -0.2) is 29.6 Å². The Balaban J connectivity index is 1.91. The van der Waals surface area contributed by atoms with Crippen LogP contribution in [0.25, 0.3) is 0 Å². The largest absolute Gasteiger partial charge is 0.394 e. The molecule has 0 aromatic heterocycles. The van der Waals surface area contributed by atoms with Gasteiger partial charge in [0.25, 0.3) is 5.91 Å². The fraction of sp³-hybridized carbons (Fsp3) is 0.500. The summed E-state index contributed by atoms with van der Waals surface area (Å²) in [4.78, 5) is 23.8. The maximum absolute atomic E-state index is 12.0. The van der Waals surface area contributed by atoms with Crippen molar-refractivity contribution >= 4 is 17.5 Å². The van der Waals surface area contributed by atoms with Crippen molar-refractivity contribution in [2.75, 3.05) is 11.9 Å². The minimum absolute atomic E-state index is 0.0600. The Kier molecular flexibility index (Phi) is 5.33. The zero-order valence-electron chi connectivity index (χ0n) is 12.3. The molecule has 21 heavy (non-hydrogen) atoms. The second-order valence-corrected chi connectivity index (χ2v) is 5.46. The monoisotopic (exact) mass is 290 g/mol. The quantitative estimate of drug-likeness (QED) is 0.749. The smallest absolute Gasteiger partial charge is 0.251 e. The fourth-order valence-electron chi connectivity index (χ4n) is 2.17. The Morgan fingerprint density at radius 2 is 1.95 bits per heavy atom. The van der Waals surface area contributed by atoms with Crippen molar-refractivity contribution in [1.82, 2.24) is 5.32 Å². The van der Waals surface area contributed by atoms with Crippen LogP contribution >= 0.6 is 0 Å². The van der Waals surface area contributed by atoms with E-state index in [0.29, 0.717) is 17.7 Å². The van der Waals surface area contributed by atoms with E-state index in [1.807, 2.05) is 6.92 Å². The van der Waals surface area contributed by atoms with E-state index in [2.05, 4.69) is 10.6 Å². The first-order valence-electron chi connectivity index (χ1n) is 7.46. The molecular weight excluding hydrogens is 268 g/mol. The molecule has 0 heterocycles. The molecule has 0 aliphatic heterocycles. The molecule has 1 aromatic carbocycles. The lowest BCUT2D eigenvalue weighted by molar-refractivity contribution is -0.122. The SMILES string of the molecule is CCC(CO)NC(=O)c1ccc(NC(=O)C2CCC2)cc1. The molecule has 2 amide bonds. The van der Waals surface area contributed by atoms with Gasteiger partial charge < -0.3 is 15.7 Å². The average molecular weight is 290 g/mol. The van der Waals surface area contributed by atoms with Crippen molar-refractivity contribution in [2.24, 2.45) is 5.92 Å². The van der Waals surface area contributed by atoms with Crippen LogP contribution in [0.1, 0.15) is 43.0 Å². The van der Waals surface area contributed by atoms with E-state index in [4.69, 9.17) is 5.11 Å². The van der Waals surface area contributed by atoms with E-state index in [1.54, 1.807) is 24.3 Å². The number of carbonyl (C=O) groups excluding carboxylic acids is 2. The number of hydrogen-bond donors (Lipinski definition) is 3. The summed E-state index contributed by atoms with van der Waals surface area (Å²) >= 11 is 0. The zero-order valence-corrected chi connectivity index (χ0v) is 12.3. The van der Waals surface area contributed by atoms with E-state index in [0.717, 1.165) is 19.3 Å². The summed E-state index contributed by atoms with van der Waals surface area (Å²) < 4.78 is 0. The number of amides is 2. The Morgan fingerprint density at radius 3 is 2.43 bits per heavy atom. The van der Waals surface area contributed by atoms with Gasteiger partial charge in [-0.05, 0) is 43.5 Å². The zero-order chi connectivity index (χ0) is 15.2. The third kappa shape index (κ3) is 4.04. The average Bonchev–Trinajstić information content (AvgIpc) is 2.43. The van der Waals surface area contributed by atoms with Crippen molar-refractivity contribution in [3.05, 3.63) is 29.8 Å². The number of aliphatic hydroxyl groups excluding tert-OH is 1. The third-order valence-corrected chi connectivity index (χ3v) is 3.94. The predicted octanol–water partition coefficient (Wildman–Crippen LogP) is 1.93. The lowest BCUT2D eigenvalue weighted by Crippen LogP contribution is -2.36. The first-order valence-corrected chi connectivity index (χ1v) is 7.46. The summed E-state index contributed by atoms with van der Waals surface area (Å²) in [6.45, 7) is 1.83. The van der Waals surface area contributed by atoms with Crippen LogP contribution in [0, 0.1) is 5.92 Å². The van der Waals surface area contributed by atoms with Gasteiger partial charge in [-0.1, -0.05) is 13.3 Å². The molecule has 1 unspecified atom stereocenters. The molecule has 0 saturated heterocycles. The number of rotatable bonds is 6. The van der Waals surface area contributed by atoms with Gasteiger partial charge in [0.15, 0.2) is 0 Å². The van der Waals surface area contributed by atoms with Crippen molar-refractivity contribution in [1.29, 1.82) is 0 Å². The highest BCUT2D eigenvalue weighted by Gasteiger charge is 2.25. The Bertz CT molecular complexity index is 491. The summed E-state index contributed by atoms with van der Waals surface area (Å²) in [6.07, 6.45) is 3.73. The summed E-state index contributed by atoms with van der Waals surface area (Å²) in [7, 11) is 0. The molecule has 0 bridgehead atoms. The Labute approximate surface area is 124 Å². The van der Waals surface area contributed by atoms with Crippen molar-refractivity contribution in [2.45, 2.75) is 38.6 Å². The number of anilines is 1. The number of aliphatic hydroxyl groups is 1. The molecule has 1 atom stereocenters. The molecule has 0 spiro atoms. The van der Waals surface area contributed by atoms with E-state index >= 15 is 0 Å². The van der Waals surface area contributed by atoms with Gasteiger partial charge in [-0.2, -0.15) is 0 Å². The van der Waals surface area contributed by atoms with Gasteiger partial charge in [-0.25, -0.2) is 0 Å². The summed E-state index contributed by atoms with van der Waals surface area (Å²) in [6, 6.07) is 6.58. The molecule has 1 aromatic rings. The van der Waals surface area contributed by atoms with Gasteiger partial charge in [-0.15, -0.1) is 0 Å². The molecule has 3 N–H and O–H groups in total. The molecule has 5 heteroatoms. The lowest BCUT2D eigenvalue weighted by Gasteiger charge is -2.24. The highest BCUT2D eigenvalue weighted by atomic mass is 16.3. The van der Waals surface area contributed by atoms with Crippen LogP contribution in [0.4, 0.5) is 5.69 Å². The molecule has 5 nitrogen and oxygen atoms in total. The maximum atomic E-state index is 12.0. The van der Waals surface area contributed by atoms with Gasteiger partial charge in [0.1, 0.15) is 0 Å². The molecule has 2 rings (SSSR count). The molecule has 0 radical (unpaired) electrons. The van der Waals surface area contributed by atoms with Crippen LogP contribution < -0.4 is 10.6 Å². The standard InChI is InChI=1S/C16H22N2O3/c1-2-13(10-19)17-16(21)12-6-8-14(9-7-12)18-15(20)11-4-3-5-11/h6-9,11,13,19H,2-5,10H2,1H3,(H,17,21)(H,18,20). The van der Waals surface area contributed by atoms with Crippen molar-refractivity contribution < 1.29 is 14.7 Å². The normalized spacial score (nSPS) is 15.9. The van der Waals surface area contributed by atoms with Crippen LogP contribution in [0.3, 0.4) is 0 Å². The first-order chi connectivity index (χ1) is 10.1. The molecule has 1 saturated carbocycles. The predicted molar refractivity (Wildman–Crippen MR) is 81.0 cm³/mol. The van der Waals surface area contributed by atoms with Gasteiger partial charge in [0.2, 0.25) is 5.91 Å². The summed E-state index contributed by atoms with van der Waals surface area (Å²) in [5, 5.41) is 14.7. The third-order valence-electron chi connectivity index (χ3n) is 3.94. The molecule has 114 valence electrons. The highest BCUT2D eigenvalue weighted by molar-refractivity contribution is 5.96. The second kappa shape index (κ2) is 7.22. The van der Waals surface area contributed by atoms with Crippen molar-refractivity contribution in [3.63, 3.8) is 0 Å². The fourth-order valence-corrected chi connectivity index (χ4v) is 2.17. The van der Waals surface area contributed by atoms with E-state index in [-0.39, 0.29) is 30.4 Å². The van der Waals surface area contributed by atoms with E-state index in [9.17, 15) is 9.59 Å². The first kappa shape index (κ1) is 15.5. The summed E-state index contributed by atoms with van der Waals surface area (Å²) in [5.41, 5.74) is 1.22. The van der Waals surface area contributed by atoms with Crippen LogP contribution in [0.5, 0.6) is 0 Å². The van der Waals surface area contributed by atoms with Gasteiger partial charge in [-0.3, -0.25) is 9.59 Å². The van der Waals surface area contributed by atoms with Crippen molar-refractivity contribution in [3.8, 4) is 0 Å². The lowest BCUT2D eigenvalue weighted by atomic mass is 9.85. The van der Waals surface area contributed by atoms with Crippen LogP contribution in [0.2, 0.25) is 0 Å². The minimum Gasteiger partial charge on any atom is -0.394 e. The second-order valence-electron chi connectivity index (χ2n) is 5.46. The Morgan fingerprint density at radius 1 is 1.29 bits per heavy atom. The van der Waals surface area contributed by atoms with E-state index < -0.39 is 0 Å². The molecule has 1 aliphatic rings. The highest BCUT2D eigenvalue weighted by Crippen LogP contribution is 2.27. The maximum Gasteiger partial charge on any atom is 0.251 e. The number of carbonyl (C=O) groups is 2. The van der Waals surface area contributed by atoms with Gasteiger partial charge in [0, 0.05) is 17.2 Å². The van der Waals surface area contributed by atoms with Gasteiger partial charge in [0.05, 0.1) is 12.6 Å². The molecular formula is C16H22N2O3. The minimum atomic E-state index is -0.226. The topological polar surface area (TPSA) is 78.4 Å². The Hall–Kier alpha value is -1.88. The summed E-state index contributed by atoms with van der Waals surface area (Å²) in [5.74, 6) is -0.0135. The number of nitrogens with one attached hydrogen (secondary N) is 2. The van der Waals surface area contributed by atoms with Crippen LogP contribution in [-0.2, 0) is 4.79 Å². The van der Waals surface area contributed by atoms with E-state index in [1.165, 1.54) is 0 Å². The number of benzene rings is 1. The van der Waals surface area contributed by atoms with Gasteiger partial charge >= 0.3 is 0 Å². The molecule has 1 fully saturated rings. The van der Waals surface area contributed by atoms with Crippen LogP contribution in [0.15, 0.2) is 24.3 Å². The molecule has 1 aliphatic carbocycles. The number of hydrogen-bond acceptors (Lipinski definition) is 3.